The van der Waals surface area contributed by atoms with Crippen molar-refractivity contribution in [3.05, 3.63) is 93.0 Å². The molecule has 0 radical (unpaired) electrons. The smallest absolute Gasteiger partial charge is 0.312 e. The highest BCUT2D eigenvalue weighted by Crippen LogP contribution is 2.40. The molecule has 23 heteroatoms. The van der Waals surface area contributed by atoms with E-state index >= 15 is 0 Å². The summed E-state index contributed by atoms with van der Waals surface area (Å²) in [6.07, 6.45) is 37.1. The average Bonchev–Trinajstić information content (AvgIpc) is 3.58. The first kappa shape index (κ1) is 61.0. The molecule has 12 rings (SSSR count). The molecule has 9 heterocycles. The van der Waals surface area contributed by atoms with Gasteiger partial charge in [0.1, 0.15) is 42.7 Å². The topological polar surface area (TPSA) is 290 Å². The molecule has 23 nitrogen and oxygen atoms in total. The van der Waals surface area contributed by atoms with Gasteiger partial charge < -0.3 is 19.1 Å². The number of hydrogen-bond acceptors (Lipinski definition) is 17. The third-order valence-electron chi connectivity index (χ3n) is 17.1. The molecule has 0 aromatic carbocycles. The van der Waals surface area contributed by atoms with Gasteiger partial charge in [0, 0.05) is 70.0 Å². The van der Waals surface area contributed by atoms with Crippen molar-refractivity contribution in [3.63, 3.8) is 0 Å². The number of aliphatic hydroxyl groups excluding tert-OH is 1. The van der Waals surface area contributed by atoms with Crippen molar-refractivity contribution in [2.45, 2.75) is 176 Å². The van der Waals surface area contributed by atoms with E-state index in [-0.39, 0.29) is 50.3 Å². The molecule has 87 heavy (non-hydrogen) atoms. The summed E-state index contributed by atoms with van der Waals surface area (Å²) in [5.41, 5.74) is 6.01. The van der Waals surface area contributed by atoms with Crippen molar-refractivity contribution in [2.24, 2.45) is 28.6 Å². The average molecular weight is 1180 g/mol. The third kappa shape index (κ3) is 13.8. The molecular weight excluding hydrogens is 1100 g/mol. The van der Waals surface area contributed by atoms with Crippen LogP contribution in [0.25, 0.3) is 66.9 Å². The van der Waals surface area contributed by atoms with Crippen LogP contribution in [0.2, 0.25) is 0 Å². The fraction of sp³-hybridized carbons (Fsp3) is 0.500. The van der Waals surface area contributed by atoms with Crippen LogP contribution in [-0.4, -0.2) is 90.0 Å². The Bertz CT molecular complexity index is 3760. The monoisotopic (exact) mass is 1180 g/mol. The number of ether oxygens (including phenoxy) is 2. The van der Waals surface area contributed by atoms with Gasteiger partial charge in [-0.25, -0.2) is 29.9 Å². The first-order chi connectivity index (χ1) is 42.1. The van der Waals surface area contributed by atoms with Crippen LogP contribution in [-0.2, 0) is 39.3 Å². The summed E-state index contributed by atoms with van der Waals surface area (Å²) in [6.45, 7) is 11.0. The van der Waals surface area contributed by atoms with Crippen LogP contribution in [0.4, 0.5) is 0 Å². The molecule has 3 saturated carbocycles. The van der Waals surface area contributed by atoms with E-state index in [0.29, 0.717) is 54.0 Å². The van der Waals surface area contributed by atoms with Gasteiger partial charge >= 0.3 is 11.9 Å². The Morgan fingerprint density at radius 1 is 0.506 bits per heavy atom. The van der Waals surface area contributed by atoms with Crippen LogP contribution in [0, 0.1) is 62.6 Å². The molecule has 452 valence electrons. The summed E-state index contributed by atoms with van der Waals surface area (Å²) in [5.74, 6) is 0.988. The molecule has 9 aromatic rings. The highest BCUT2D eigenvalue weighted by Gasteiger charge is 2.31. The molecule has 0 bridgehead atoms. The van der Waals surface area contributed by atoms with Crippen LogP contribution in [0.15, 0.2) is 93.0 Å². The molecule has 9 aromatic heterocycles. The van der Waals surface area contributed by atoms with Gasteiger partial charge in [-0.1, -0.05) is 38.5 Å². The van der Waals surface area contributed by atoms with Crippen LogP contribution >= 0.6 is 0 Å². The summed E-state index contributed by atoms with van der Waals surface area (Å²) in [5, 5.41) is 53.6. The number of carbonyl (C=O) groups is 2. The molecule has 3 fully saturated rings. The van der Waals surface area contributed by atoms with Crippen molar-refractivity contribution in [3.8, 4) is 52.0 Å². The summed E-state index contributed by atoms with van der Waals surface area (Å²) < 4.78 is 22.0. The zero-order valence-corrected chi connectivity index (χ0v) is 50.5. The molecule has 3 aliphatic rings. The van der Waals surface area contributed by atoms with Crippen molar-refractivity contribution >= 4 is 45.0 Å². The van der Waals surface area contributed by atoms with Crippen molar-refractivity contribution in [2.75, 3.05) is 0 Å². The quantitative estimate of drug-likeness (QED) is 0.0829. The van der Waals surface area contributed by atoms with E-state index in [9.17, 15) is 30.5 Å². The normalized spacial score (nSPS) is 16.0. The Hall–Kier alpha value is -9.14. The first-order valence-corrected chi connectivity index (χ1v) is 30.2. The van der Waals surface area contributed by atoms with Crippen LogP contribution in [0.3, 0.4) is 0 Å². The molecule has 0 amide bonds. The zero-order chi connectivity index (χ0) is 61.2. The van der Waals surface area contributed by atoms with Gasteiger partial charge in [-0.2, -0.15) is 31.1 Å². The van der Waals surface area contributed by atoms with E-state index in [4.69, 9.17) is 9.47 Å². The molecule has 3 atom stereocenters. The van der Waals surface area contributed by atoms with Gasteiger partial charge in [-0.3, -0.25) is 32.8 Å². The minimum atomic E-state index is -0.559. The van der Waals surface area contributed by atoms with E-state index in [2.05, 4.69) is 63.4 Å². The highest BCUT2D eigenvalue weighted by molar-refractivity contribution is 5.92. The van der Waals surface area contributed by atoms with E-state index < -0.39 is 10.8 Å². The van der Waals surface area contributed by atoms with Crippen molar-refractivity contribution < 1.29 is 24.2 Å². The van der Waals surface area contributed by atoms with Crippen LogP contribution in [0.1, 0.15) is 156 Å². The maximum Gasteiger partial charge on any atom is 0.312 e. The van der Waals surface area contributed by atoms with E-state index in [0.717, 1.165) is 75.6 Å². The fourth-order valence-electron chi connectivity index (χ4n) is 12.4. The maximum atomic E-state index is 12.1. The second-order valence-electron chi connectivity index (χ2n) is 25.0. The Morgan fingerprint density at radius 2 is 0.805 bits per heavy atom. The van der Waals surface area contributed by atoms with E-state index in [1.165, 1.54) is 70.3 Å². The molecule has 0 spiro atoms. The predicted octanol–water partition coefficient (Wildman–Crippen LogP) is 11.9. The second kappa shape index (κ2) is 27.1. The Labute approximate surface area is 505 Å². The molecule has 3 aliphatic carbocycles. The first-order valence-electron chi connectivity index (χ1n) is 30.2. The molecule has 1 N–H and O–H groups in total. The lowest BCUT2D eigenvalue weighted by atomic mass is 9.96. The number of nitriles is 3. The molecule has 0 saturated heterocycles. The third-order valence-corrected chi connectivity index (χ3v) is 17.1. The van der Waals surface area contributed by atoms with E-state index in [1.54, 1.807) is 38.5 Å². The van der Waals surface area contributed by atoms with Gasteiger partial charge in [0.25, 0.3) is 0 Å². The Kier molecular flexibility index (Phi) is 19.0. The van der Waals surface area contributed by atoms with Crippen molar-refractivity contribution in [1.82, 2.24) is 72.9 Å². The number of nitrogens with zero attached hydrogens (tertiary/aromatic N) is 18. The second-order valence-corrected chi connectivity index (χ2v) is 25.0. The number of rotatable bonds is 17. The summed E-state index contributed by atoms with van der Waals surface area (Å²) in [6, 6.07) is 13.0. The minimum Gasteiger partial charge on any atom is -0.443 e. The van der Waals surface area contributed by atoms with Crippen LogP contribution < -0.4 is 0 Å². The minimum absolute atomic E-state index is 0.0972. The highest BCUT2D eigenvalue weighted by atomic mass is 16.5. The summed E-state index contributed by atoms with van der Waals surface area (Å²) >= 11 is 0. The SMILES string of the molecule is CC(C)(C)C(=O)OCn1ccc2c(-c3cnn(C(CC#N)C4CCCC4)c3)ncnc21.CC(C)(C)C(=O)OCn1ccc2c(-c3cnn([C@H](CC#N)C4CCCC4)c3)ncnc21.N#CC[C@H](C1CCCC1)n1cc(-c2ncnc3c2ccn3CO)cn1. The van der Waals surface area contributed by atoms with Crippen LogP contribution in [0.5, 0.6) is 0 Å². The number of esters is 2. The predicted molar refractivity (Wildman–Crippen MR) is 323 cm³/mol. The molecule has 0 aliphatic heterocycles. The number of hydrogen-bond donors (Lipinski definition) is 1. The Morgan fingerprint density at radius 3 is 1.09 bits per heavy atom. The van der Waals surface area contributed by atoms with Crippen molar-refractivity contribution in [1.29, 1.82) is 15.8 Å². The number of carbonyl (C=O) groups excluding carboxylic acids is 2. The lowest BCUT2D eigenvalue weighted by Gasteiger charge is -2.21. The van der Waals surface area contributed by atoms with Gasteiger partial charge in [-0.05, 0) is 116 Å². The van der Waals surface area contributed by atoms with Gasteiger partial charge in [-0.15, -0.1) is 0 Å². The fourth-order valence-corrected chi connectivity index (χ4v) is 12.4. The van der Waals surface area contributed by atoms with Gasteiger partial charge in [0.15, 0.2) is 13.5 Å². The van der Waals surface area contributed by atoms with E-state index in [1.807, 2.05) is 105 Å². The summed E-state index contributed by atoms with van der Waals surface area (Å²) in [4.78, 5) is 50.7. The number of aliphatic hydroxyl groups is 1. The standard InChI is InChI=1S/2C23H28N6O2.C18H20N6O/c2*1-23(2,3)22(30)31-15-28-11-9-18-20(25-14-26-21(18)28)17-12-27-29(13-17)19(8-10-24)16-6-4-5-7-16;19-7-5-16(13-3-1-2-4-13)24-10-14(9-22-24)17-15-6-8-23(12-25)18(15)21-11-20-17/h2*9,11-14,16,19H,4-8,15H2,1-3H3;6,8-11,13,16,25H,1-5,12H2/t19-;;16-/m1.1/s1. The molecular formula is C64H76N18O5. The lowest BCUT2D eigenvalue weighted by molar-refractivity contribution is -0.157. The molecule has 1 unspecified atom stereocenters. The summed E-state index contributed by atoms with van der Waals surface area (Å²) in [7, 11) is 0. The zero-order valence-electron chi connectivity index (χ0n) is 50.5. The maximum absolute atomic E-state index is 12.1. The van der Waals surface area contributed by atoms with Gasteiger partial charge in [0.2, 0.25) is 0 Å². The Balaban J connectivity index is 0.000000145. The largest absolute Gasteiger partial charge is 0.443 e. The van der Waals surface area contributed by atoms with Gasteiger partial charge in [0.05, 0.1) is 102 Å². The lowest BCUT2D eigenvalue weighted by Crippen LogP contribution is -2.23. The number of aromatic nitrogens is 15. The number of fused-ring (bicyclic) bond motifs is 3.